The number of aliphatic hydroxyl groups is 1. The predicted octanol–water partition coefficient (Wildman–Crippen LogP) is 6.38. The normalized spacial score (nSPS) is 13.0. The highest BCUT2D eigenvalue weighted by Gasteiger charge is 2.15. The lowest BCUT2D eigenvalue weighted by Crippen LogP contribution is -2.00. The van der Waals surface area contributed by atoms with Gasteiger partial charge < -0.3 is 5.11 Å². The van der Waals surface area contributed by atoms with E-state index in [1.54, 1.807) is 6.07 Å². The van der Waals surface area contributed by atoms with Gasteiger partial charge in [0.05, 0.1) is 11.1 Å². The van der Waals surface area contributed by atoms with Crippen molar-refractivity contribution in [1.82, 2.24) is 0 Å². The van der Waals surface area contributed by atoms with Gasteiger partial charge >= 0.3 is 0 Å². The molecule has 0 radical (unpaired) electrons. The first kappa shape index (κ1) is 15.4. The van der Waals surface area contributed by atoms with Crippen molar-refractivity contribution >= 4 is 72.3 Å². The van der Waals surface area contributed by atoms with Gasteiger partial charge in [0.25, 0.3) is 0 Å². The molecule has 0 aliphatic heterocycles. The van der Waals surface area contributed by atoms with E-state index in [1.807, 2.05) is 30.3 Å². The zero-order valence-corrected chi connectivity index (χ0v) is 14.6. The van der Waals surface area contributed by atoms with Gasteiger partial charge in [-0.3, -0.25) is 0 Å². The molecule has 1 nitrogen and oxygen atoms in total. The molecule has 0 aliphatic carbocycles. The van der Waals surface area contributed by atoms with Crippen LogP contribution in [0, 0.1) is 0 Å². The van der Waals surface area contributed by atoms with Crippen LogP contribution in [0.2, 0.25) is 15.1 Å². The molecule has 1 N–H and O–H groups in total. The highest BCUT2D eigenvalue weighted by Crippen LogP contribution is 2.38. The number of rotatable bonds is 2. The van der Waals surface area contributed by atoms with E-state index in [2.05, 4.69) is 15.9 Å². The van der Waals surface area contributed by atoms with Crippen molar-refractivity contribution < 1.29 is 5.11 Å². The lowest BCUT2D eigenvalue weighted by atomic mass is 9.95. The first-order chi connectivity index (χ1) is 10.0. The van der Waals surface area contributed by atoms with Crippen molar-refractivity contribution in [1.29, 1.82) is 0 Å². The average molecular weight is 405 g/mol. The second kappa shape index (κ2) is 5.94. The summed E-state index contributed by atoms with van der Waals surface area (Å²) in [6.07, 6.45) is -0.631. The fourth-order valence-corrected chi connectivity index (χ4v) is 3.70. The third kappa shape index (κ3) is 2.76. The Bertz CT molecular complexity index is 848. The Labute approximate surface area is 145 Å². The Hall–Kier alpha value is -0.510. The quantitative estimate of drug-likeness (QED) is 0.388. The third-order valence-corrected chi connectivity index (χ3v) is 4.83. The van der Waals surface area contributed by atoms with E-state index in [1.165, 1.54) is 0 Å². The van der Waals surface area contributed by atoms with E-state index >= 15 is 0 Å². The van der Waals surface area contributed by atoms with Gasteiger partial charge in [-0.05, 0) is 52.1 Å². The second-order valence-electron chi connectivity index (χ2n) is 4.81. The van der Waals surface area contributed by atoms with Crippen molar-refractivity contribution in [2.24, 2.45) is 0 Å². The molecule has 3 aromatic carbocycles. The second-order valence-corrected chi connectivity index (χ2v) is 6.74. The smallest absolute Gasteiger partial charge is 0.0893 e. The first-order valence-electron chi connectivity index (χ1n) is 6.26. The number of halogens is 4. The summed E-state index contributed by atoms with van der Waals surface area (Å²) >= 11 is 21.9. The van der Waals surface area contributed by atoms with Gasteiger partial charge in [0, 0.05) is 20.8 Å². The number of fused-ring (bicyclic) bond motifs is 3. The minimum atomic E-state index is -0.631. The highest BCUT2D eigenvalue weighted by atomic mass is 79.9. The van der Waals surface area contributed by atoms with Gasteiger partial charge in [0.2, 0.25) is 0 Å². The molecule has 5 heteroatoms. The lowest BCUT2D eigenvalue weighted by molar-refractivity contribution is 0.207. The summed E-state index contributed by atoms with van der Waals surface area (Å²) in [6.45, 7) is 0. The Morgan fingerprint density at radius 3 is 2.43 bits per heavy atom. The van der Waals surface area contributed by atoms with Crippen LogP contribution in [0.5, 0.6) is 0 Å². The van der Waals surface area contributed by atoms with E-state index in [0.717, 1.165) is 27.1 Å². The fourth-order valence-electron chi connectivity index (χ4n) is 2.57. The number of alkyl halides is 1. The molecule has 108 valence electrons. The summed E-state index contributed by atoms with van der Waals surface area (Å²) in [5.41, 5.74) is 0.801. The van der Waals surface area contributed by atoms with E-state index in [4.69, 9.17) is 34.8 Å². The molecule has 3 aromatic rings. The molecule has 0 aliphatic rings. The topological polar surface area (TPSA) is 20.2 Å². The molecular weight excluding hydrogens is 394 g/mol. The van der Waals surface area contributed by atoms with Crippen LogP contribution in [0.15, 0.2) is 36.4 Å². The number of aliphatic hydroxyl groups excluding tert-OH is 1. The minimum absolute atomic E-state index is 0.439. The number of hydrogen-bond donors (Lipinski definition) is 1. The molecule has 0 unspecified atom stereocenters. The summed E-state index contributed by atoms with van der Waals surface area (Å²) in [4.78, 5) is 0. The summed E-state index contributed by atoms with van der Waals surface area (Å²) in [5, 5.41) is 16.1. The van der Waals surface area contributed by atoms with Crippen LogP contribution < -0.4 is 0 Å². The van der Waals surface area contributed by atoms with Gasteiger partial charge in [0.15, 0.2) is 0 Å². The average Bonchev–Trinajstić information content (AvgIpc) is 2.44. The molecule has 0 fully saturated rings. The zero-order chi connectivity index (χ0) is 15.1. The van der Waals surface area contributed by atoms with Gasteiger partial charge in [-0.1, -0.05) is 56.8 Å². The van der Waals surface area contributed by atoms with E-state index < -0.39 is 6.10 Å². The summed E-state index contributed by atoms with van der Waals surface area (Å²) in [7, 11) is 0. The Balaban J connectivity index is 2.52. The molecule has 0 saturated carbocycles. The predicted molar refractivity (Wildman–Crippen MR) is 95.2 cm³/mol. The first-order valence-corrected chi connectivity index (χ1v) is 8.51. The lowest BCUT2D eigenvalue weighted by Gasteiger charge is -2.15. The fraction of sp³-hybridized carbons (Fsp3) is 0.125. The Kier molecular flexibility index (Phi) is 4.35. The van der Waals surface area contributed by atoms with E-state index in [0.29, 0.717) is 20.4 Å². The molecule has 1 atom stereocenters. The minimum Gasteiger partial charge on any atom is -0.388 e. The molecule has 0 spiro atoms. The standard InChI is InChI=1S/C16H10BrCl3O/c17-7-15(21)13-4-8-3-10(19)6-14(20)16(8)11-2-1-9(18)5-12(11)13/h1-6,15,21H,7H2/t15-/m0/s1. The summed E-state index contributed by atoms with van der Waals surface area (Å²) in [6, 6.07) is 11.1. The van der Waals surface area contributed by atoms with Crippen molar-refractivity contribution in [3.63, 3.8) is 0 Å². The number of benzene rings is 3. The SMILES string of the molecule is O[C@@H](CBr)c1cc2cc(Cl)cc(Cl)c2c2ccc(Cl)cc12. The monoisotopic (exact) mass is 402 g/mol. The molecule has 0 saturated heterocycles. The van der Waals surface area contributed by atoms with Crippen molar-refractivity contribution in [3.05, 3.63) is 57.0 Å². The van der Waals surface area contributed by atoms with Crippen LogP contribution in [-0.4, -0.2) is 10.4 Å². The third-order valence-electron chi connectivity index (χ3n) is 3.46. The van der Waals surface area contributed by atoms with E-state index in [9.17, 15) is 5.11 Å². The maximum Gasteiger partial charge on any atom is 0.0893 e. The van der Waals surface area contributed by atoms with Crippen LogP contribution >= 0.6 is 50.7 Å². The molecular formula is C16H10BrCl3O. The van der Waals surface area contributed by atoms with Crippen molar-refractivity contribution in [2.45, 2.75) is 6.10 Å². The molecule has 3 rings (SSSR count). The van der Waals surface area contributed by atoms with Gasteiger partial charge in [-0.25, -0.2) is 0 Å². The maximum absolute atomic E-state index is 10.3. The van der Waals surface area contributed by atoms with E-state index in [-0.39, 0.29) is 0 Å². The van der Waals surface area contributed by atoms with Crippen LogP contribution in [0.4, 0.5) is 0 Å². The van der Waals surface area contributed by atoms with Crippen LogP contribution in [0.1, 0.15) is 11.7 Å². The van der Waals surface area contributed by atoms with Crippen molar-refractivity contribution in [2.75, 3.05) is 5.33 Å². The van der Waals surface area contributed by atoms with Gasteiger partial charge in [-0.15, -0.1) is 0 Å². The number of hydrogen-bond acceptors (Lipinski definition) is 1. The Morgan fingerprint density at radius 2 is 1.71 bits per heavy atom. The molecule has 0 heterocycles. The molecule has 0 amide bonds. The summed E-state index contributed by atoms with van der Waals surface area (Å²) < 4.78 is 0. The van der Waals surface area contributed by atoms with Crippen molar-refractivity contribution in [3.8, 4) is 0 Å². The molecule has 21 heavy (non-hydrogen) atoms. The maximum atomic E-state index is 10.3. The largest absolute Gasteiger partial charge is 0.388 e. The van der Waals surface area contributed by atoms with Crippen LogP contribution in [-0.2, 0) is 0 Å². The summed E-state index contributed by atoms with van der Waals surface area (Å²) in [5.74, 6) is 0. The van der Waals surface area contributed by atoms with Crippen LogP contribution in [0.25, 0.3) is 21.5 Å². The Morgan fingerprint density at radius 1 is 0.952 bits per heavy atom. The molecule has 0 aromatic heterocycles. The van der Waals surface area contributed by atoms with Gasteiger partial charge in [0.1, 0.15) is 0 Å². The van der Waals surface area contributed by atoms with Gasteiger partial charge in [-0.2, -0.15) is 0 Å². The zero-order valence-electron chi connectivity index (χ0n) is 10.7. The highest BCUT2D eigenvalue weighted by molar-refractivity contribution is 9.09. The van der Waals surface area contributed by atoms with Crippen LogP contribution in [0.3, 0.4) is 0 Å². The molecule has 0 bridgehead atoms.